The van der Waals surface area contributed by atoms with Crippen molar-refractivity contribution in [2.24, 2.45) is 5.92 Å². The van der Waals surface area contributed by atoms with Crippen LogP contribution in [-0.2, 0) is 14.6 Å². The molecule has 0 aromatic carbocycles. The van der Waals surface area contributed by atoms with Gasteiger partial charge in [0.15, 0.2) is 0 Å². The van der Waals surface area contributed by atoms with Crippen LogP contribution < -0.4 is 29.6 Å². The standard InChI is InChI=1S/C21H44O4S.Na/c1-3-5-7-9-11-13-15-17-19-21(20-25-26(22,23)24)18-16-14-12-10-8-6-4-2;/h21H,3-20H2,1-2H3,(H,22,23,24);/q;+1/p-1. The van der Waals surface area contributed by atoms with E-state index in [4.69, 9.17) is 0 Å². The monoisotopic (exact) mass is 414 g/mol. The Morgan fingerprint density at radius 2 is 1.00 bits per heavy atom. The molecule has 0 aliphatic carbocycles. The van der Waals surface area contributed by atoms with Crippen LogP contribution in [0.4, 0.5) is 0 Å². The normalized spacial score (nSPS) is 12.7. The Bertz CT molecular complexity index is 388. The predicted molar refractivity (Wildman–Crippen MR) is 109 cm³/mol. The van der Waals surface area contributed by atoms with E-state index in [0.29, 0.717) is 0 Å². The first kappa shape index (κ1) is 30.1. The molecule has 1 atom stereocenters. The number of hydrogen-bond acceptors (Lipinski definition) is 4. The van der Waals surface area contributed by atoms with Crippen molar-refractivity contribution in [1.82, 2.24) is 0 Å². The summed E-state index contributed by atoms with van der Waals surface area (Å²) >= 11 is 0. The van der Waals surface area contributed by atoms with E-state index in [9.17, 15) is 13.0 Å². The van der Waals surface area contributed by atoms with Crippen molar-refractivity contribution in [2.45, 2.75) is 123 Å². The number of rotatable bonds is 20. The Labute approximate surface area is 191 Å². The van der Waals surface area contributed by atoms with Crippen molar-refractivity contribution in [3.8, 4) is 0 Å². The summed E-state index contributed by atoms with van der Waals surface area (Å²) in [6.45, 7) is 4.52. The molecule has 0 fully saturated rings. The zero-order chi connectivity index (χ0) is 19.5. The van der Waals surface area contributed by atoms with Gasteiger partial charge >= 0.3 is 29.6 Å². The molecule has 0 aliphatic heterocycles. The van der Waals surface area contributed by atoms with Crippen molar-refractivity contribution < 1.29 is 46.7 Å². The fraction of sp³-hybridized carbons (Fsp3) is 1.00. The van der Waals surface area contributed by atoms with Crippen molar-refractivity contribution in [2.75, 3.05) is 6.61 Å². The van der Waals surface area contributed by atoms with Crippen LogP contribution in [0, 0.1) is 5.92 Å². The average Bonchev–Trinajstić information content (AvgIpc) is 2.59. The fourth-order valence-corrected chi connectivity index (χ4v) is 3.81. The van der Waals surface area contributed by atoms with E-state index in [2.05, 4.69) is 18.0 Å². The molecule has 0 spiro atoms. The Kier molecular flexibility index (Phi) is 24.0. The summed E-state index contributed by atoms with van der Waals surface area (Å²) in [6, 6.07) is 0. The van der Waals surface area contributed by atoms with E-state index in [-0.39, 0.29) is 42.1 Å². The fourth-order valence-electron chi connectivity index (χ4n) is 3.45. The third kappa shape index (κ3) is 24.8. The van der Waals surface area contributed by atoms with E-state index in [1.54, 1.807) is 0 Å². The third-order valence-electron chi connectivity index (χ3n) is 5.13. The number of unbranched alkanes of at least 4 members (excludes halogenated alkanes) is 13. The van der Waals surface area contributed by atoms with Crippen LogP contribution in [0.5, 0.6) is 0 Å². The maximum atomic E-state index is 10.7. The molecule has 1 unspecified atom stereocenters. The van der Waals surface area contributed by atoms with Gasteiger partial charge in [0.25, 0.3) is 0 Å². The average molecular weight is 415 g/mol. The molecule has 6 heteroatoms. The van der Waals surface area contributed by atoms with Gasteiger partial charge in [-0.25, -0.2) is 8.42 Å². The maximum Gasteiger partial charge on any atom is 1.00 e. The van der Waals surface area contributed by atoms with Gasteiger partial charge in [-0.2, -0.15) is 0 Å². The summed E-state index contributed by atoms with van der Waals surface area (Å²) < 4.78 is 36.7. The SMILES string of the molecule is CCCCCCCCCCC(CCCCCCCCC)COS(=O)(=O)[O-].[Na+]. The summed E-state index contributed by atoms with van der Waals surface area (Å²) in [5, 5.41) is 0. The van der Waals surface area contributed by atoms with Crippen LogP contribution in [0.25, 0.3) is 0 Å². The van der Waals surface area contributed by atoms with Gasteiger partial charge in [0.2, 0.25) is 10.4 Å². The van der Waals surface area contributed by atoms with E-state index < -0.39 is 10.4 Å². The summed E-state index contributed by atoms with van der Waals surface area (Å²) in [5.41, 5.74) is 0. The summed E-state index contributed by atoms with van der Waals surface area (Å²) in [4.78, 5) is 0. The molecule has 0 bridgehead atoms. The van der Waals surface area contributed by atoms with Gasteiger partial charge < -0.3 is 4.55 Å². The molecule has 4 nitrogen and oxygen atoms in total. The maximum absolute atomic E-state index is 10.7. The third-order valence-corrected chi connectivity index (χ3v) is 5.55. The summed E-state index contributed by atoms with van der Waals surface area (Å²) in [5.74, 6) is 0.203. The van der Waals surface area contributed by atoms with Crippen LogP contribution in [0.2, 0.25) is 0 Å². The minimum atomic E-state index is -4.56. The zero-order valence-corrected chi connectivity index (χ0v) is 21.2. The van der Waals surface area contributed by atoms with Gasteiger partial charge in [-0.05, 0) is 18.8 Å². The molecule has 0 amide bonds. The van der Waals surface area contributed by atoms with Crippen molar-refractivity contribution in [1.29, 1.82) is 0 Å². The van der Waals surface area contributed by atoms with Gasteiger partial charge in [0.05, 0.1) is 6.61 Å². The Morgan fingerprint density at radius 3 is 1.33 bits per heavy atom. The van der Waals surface area contributed by atoms with Gasteiger partial charge in [-0.3, -0.25) is 4.18 Å². The minimum Gasteiger partial charge on any atom is -0.726 e. The molecule has 0 heterocycles. The predicted octanol–water partition coefficient (Wildman–Crippen LogP) is 3.75. The zero-order valence-electron chi connectivity index (χ0n) is 18.3. The van der Waals surface area contributed by atoms with E-state index in [1.807, 2.05) is 0 Å². The largest absolute Gasteiger partial charge is 1.00 e. The van der Waals surface area contributed by atoms with Crippen LogP contribution >= 0.6 is 0 Å². The first-order chi connectivity index (χ1) is 12.5. The summed E-state index contributed by atoms with van der Waals surface area (Å²) in [6.07, 6.45) is 20.8. The first-order valence-electron chi connectivity index (χ1n) is 11.1. The van der Waals surface area contributed by atoms with Crippen LogP contribution in [0.15, 0.2) is 0 Å². The van der Waals surface area contributed by atoms with Crippen LogP contribution in [0.1, 0.15) is 123 Å². The molecule has 0 saturated carbocycles. The molecule has 27 heavy (non-hydrogen) atoms. The van der Waals surface area contributed by atoms with Gasteiger partial charge in [-0.1, -0.05) is 110 Å². The van der Waals surface area contributed by atoms with Crippen LogP contribution in [-0.4, -0.2) is 19.6 Å². The number of hydrogen-bond donors (Lipinski definition) is 0. The van der Waals surface area contributed by atoms with Crippen LogP contribution in [0.3, 0.4) is 0 Å². The quantitative estimate of drug-likeness (QED) is 0.132. The van der Waals surface area contributed by atoms with E-state index >= 15 is 0 Å². The molecule has 0 aromatic rings. The van der Waals surface area contributed by atoms with E-state index in [0.717, 1.165) is 25.7 Å². The summed E-state index contributed by atoms with van der Waals surface area (Å²) in [7, 11) is -4.56. The Hall–Kier alpha value is 0.870. The van der Waals surface area contributed by atoms with Gasteiger partial charge in [0, 0.05) is 0 Å². The van der Waals surface area contributed by atoms with Gasteiger partial charge in [-0.15, -0.1) is 0 Å². The molecule has 0 rings (SSSR count). The Balaban J connectivity index is 0. The van der Waals surface area contributed by atoms with Gasteiger partial charge in [0.1, 0.15) is 0 Å². The second-order valence-corrected chi connectivity index (χ2v) is 8.78. The first-order valence-corrected chi connectivity index (χ1v) is 12.4. The van der Waals surface area contributed by atoms with Crippen molar-refractivity contribution in [3.63, 3.8) is 0 Å². The second kappa shape index (κ2) is 21.6. The molecular formula is C21H43NaO4S. The molecule has 0 radical (unpaired) electrons. The molecule has 0 aromatic heterocycles. The van der Waals surface area contributed by atoms with Crippen molar-refractivity contribution >= 4 is 10.4 Å². The molecule has 0 N–H and O–H groups in total. The van der Waals surface area contributed by atoms with Crippen molar-refractivity contribution in [3.05, 3.63) is 0 Å². The topological polar surface area (TPSA) is 66.4 Å². The molecule has 158 valence electrons. The van der Waals surface area contributed by atoms with E-state index in [1.165, 1.54) is 83.5 Å². The minimum absolute atomic E-state index is 0. The Morgan fingerprint density at radius 1 is 0.667 bits per heavy atom. The second-order valence-electron chi connectivity index (χ2n) is 7.73. The molecule has 0 saturated heterocycles. The molecular weight excluding hydrogens is 371 g/mol. The molecule has 0 aliphatic rings. The smallest absolute Gasteiger partial charge is 0.726 e.